The van der Waals surface area contributed by atoms with Crippen molar-refractivity contribution in [2.45, 2.75) is 6.36 Å². The van der Waals surface area contributed by atoms with E-state index in [9.17, 15) is 18.0 Å². The first-order valence-electron chi connectivity index (χ1n) is 5.80. The van der Waals surface area contributed by atoms with Gasteiger partial charge in [-0.05, 0) is 36.4 Å². The van der Waals surface area contributed by atoms with E-state index in [-0.39, 0.29) is 11.3 Å². The van der Waals surface area contributed by atoms with E-state index in [1.54, 1.807) is 18.2 Å². The minimum absolute atomic E-state index is 0.0631. The molecule has 2 rings (SSSR count). The van der Waals surface area contributed by atoms with Crippen molar-refractivity contribution in [3.8, 4) is 5.75 Å². The number of hydrogen-bond acceptors (Lipinski definition) is 3. The molecule has 0 spiro atoms. The molecule has 2 aromatic rings. The molecule has 0 aliphatic heterocycles. The Morgan fingerprint density at radius 3 is 2.24 bits per heavy atom. The van der Waals surface area contributed by atoms with E-state index < -0.39 is 12.3 Å². The fourth-order valence-electron chi connectivity index (χ4n) is 1.67. The van der Waals surface area contributed by atoms with Crippen molar-refractivity contribution in [3.63, 3.8) is 0 Å². The number of carbonyl (C=O) groups is 1. The summed E-state index contributed by atoms with van der Waals surface area (Å²) in [5, 5.41) is 11.9. The molecule has 7 heteroatoms. The van der Waals surface area contributed by atoms with Gasteiger partial charge >= 0.3 is 12.3 Å². The summed E-state index contributed by atoms with van der Waals surface area (Å²) in [5.41, 5.74) is 0.848. The number of carboxylic acid groups (broad SMARTS) is 1. The lowest BCUT2D eigenvalue weighted by Crippen LogP contribution is -2.17. The van der Waals surface area contributed by atoms with Crippen LogP contribution in [0.15, 0.2) is 48.5 Å². The van der Waals surface area contributed by atoms with Gasteiger partial charge in [0.25, 0.3) is 0 Å². The van der Waals surface area contributed by atoms with Gasteiger partial charge in [0.15, 0.2) is 0 Å². The minimum atomic E-state index is -4.75. The van der Waals surface area contributed by atoms with Crippen molar-refractivity contribution < 1.29 is 27.8 Å². The van der Waals surface area contributed by atoms with Gasteiger partial charge < -0.3 is 15.2 Å². The molecule has 0 amide bonds. The molecular weight excluding hydrogens is 287 g/mol. The summed E-state index contributed by atoms with van der Waals surface area (Å²) in [6.07, 6.45) is -4.75. The zero-order valence-electron chi connectivity index (χ0n) is 10.5. The standard InChI is InChI=1S/C14H10F3NO3/c15-14(16,17)21-10-7-5-9(6-8-10)18-12-4-2-1-3-11(12)13(19)20/h1-8,18H,(H,19,20). The van der Waals surface area contributed by atoms with Crippen LogP contribution < -0.4 is 10.1 Å². The van der Waals surface area contributed by atoms with Crippen LogP contribution >= 0.6 is 0 Å². The van der Waals surface area contributed by atoms with Crippen molar-refractivity contribution in [1.82, 2.24) is 0 Å². The summed E-state index contributed by atoms with van der Waals surface area (Å²) < 4.78 is 39.8. The van der Waals surface area contributed by atoms with Crippen LogP contribution in [-0.2, 0) is 0 Å². The van der Waals surface area contributed by atoms with E-state index in [4.69, 9.17) is 5.11 Å². The first-order valence-corrected chi connectivity index (χ1v) is 5.80. The zero-order chi connectivity index (χ0) is 15.5. The van der Waals surface area contributed by atoms with Crippen LogP contribution in [0.25, 0.3) is 0 Å². The normalized spacial score (nSPS) is 11.0. The molecular formula is C14H10F3NO3. The highest BCUT2D eigenvalue weighted by Crippen LogP contribution is 2.26. The molecule has 0 bridgehead atoms. The molecule has 4 nitrogen and oxygen atoms in total. The molecule has 0 aromatic heterocycles. The summed E-state index contributed by atoms with van der Waals surface area (Å²) in [4.78, 5) is 11.0. The molecule has 0 saturated carbocycles. The number of hydrogen-bond donors (Lipinski definition) is 2. The van der Waals surface area contributed by atoms with Gasteiger partial charge in [0.1, 0.15) is 5.75 Å². The van der Waals surface area contributed by atoms with Crippen molar-refractivity contribution in [2.24, 2.45) is 0 Å². The van der Waals surface area contributed by atoms with Crippen LogP contribution in [-0.4, -0.2) is 17.4 Å². The molecule has 0 unspecified atom stereocenters. The molecule has 21 heavy (non-hydrogen) atoms. The molecule has 0 saturated heterocycles. The maximum absolute atomic E-state index is 12.0. The molecule has 2 aromatic carbocycles. The monoisotopic (exact) mass is 297 g/mol. The van der Waals surface area contributed by atoms with Gasteiger partial charge in [-0.25, -0.2) is 4.79 Å². The van der Waals surface area contributed by atoms with Gasteiger partial charge in [0, 0.05) is 5.69 Å². The summed E-state index contributed by atoms with van der Waals surface area (Å²) in [6, 6.07) is 11.2. The molecule has 110 valence electrons. The fourth-order valence-corrected chi connectivity index (χ4v) is 1.67. The number of rotatable bonds is 4. The number of alkyl halides is 3. The van der Waals surface area contributed by atoms with Crippen LogP contribution in [0.3, 0.4) is 0 Å². The number of para-hydroxylation sites is 1. The van der Waals surface area contributed by atoms with Crippen molar-refractivity contribution in [3.05, 3.63) is 54.1 Å². The highest BCUT2D eigenvalue weighted by atomic mass is 19.4. The van der Waals surface area contributed by atoms with Crippen LogP contribution in [0.2, 0.25) is 0 Å². The number of aromatic carboxylic acids is 1. The lowest BCUT2D eigenvalue weighted by atomic mass is 10.1. The number of benzene rings is 2. The van der Waals surface area contributed by atoms with E-state index >= 15 is 0 Å². The Balaban J connectivity index is 2.16. The summed E-state index contributed by atoms with van der Waals surface area (Å²) >= 11 is 0. The third kappa shape index (κ3) is 4.13. The maximum Gasteiger partial charge on any atom is 0.573 e. The smallest absolute Gasteiger partial charge is 0.478 e. The maximum atomic E-state index is 12.0. The van der Waals surface area contributed by atoms with Crippen LogP contribution in [0, 0.1) is 0 Å². The first-order chi connectivity index (χ1) is 9.85. The third-order valence-electron chi connectivity index (χ3n) is 2.52. The Bertz CT molecular complexity index is 639. The number of halogens is 3. The van der Waals surface area contributed by atoms with Gasteiger partial charge in [-0.3, -0.25) is 0 Å². The van der Waals surface area contributed by atoms with Crippen molar-refractivity contribution >= 4 is 17.3 Å². The second-order valence-corrected chi connectivity index (χ2v) is 4.05. The highest BCUT2D eigenvalue weighted by Gasteiger charge is 2.30. The molecule has 2 N–H and O–H groups in total. The van der Waals surface area contributed by atoms with E-state index in [0.29, 0.717) is 11.4 Å². The van der Waals surface area contributed by atoms with Crippen LogP contribution in [0.5, 0.6) is 5.75 Å². The van der Waals surface area contributed by atoms with Gasteiger partial charge in [-0.2, -0.15) is 0 Å². The average molecular weight is 297 g/mol. The molecule has 0 fully saturated rings. The fraction of sp³-hybridized carbons (Fsp3) is 0.0714. The molecule has 0 heterocycles. The lowest BCUT2D eigenvalue weighted by Gasteiger charge is -2.11. The van der Waals surface area contributed by atoms with Gasteiger partial charge in [-0.15, -0.1) is 13.2 Å². The molecule has 0 aliphatic rings. The van der Waals surface area contributed by atoms with Crippen molar-refractivity contribution in [1.29, 1.82) is 0 Å². The van der Waals surface area contributed by atoms with E-state index in [2.05, 4.69) is 10.1 Å². The Kier molecular flexibility index (Phi) is 4.02. The third-order valence-corrected chi connectivity index (χ3v) is 2.52. The van der Waals surface area contributed by atoms with Gasteiger partial charge in [0.05, 0.1) is 11.3 Å². The number of nitrogens with one attached hydrogen (secondary N) is 1. The average Bonchev–Trinajstić information content (AvgIpc) is 2.40. The number of carboxylic acids is 1. The lowest BCUT2D eigenvalue weighted by molar-refractivity contribution is -0.274. The highest BCUT2D eigenvalue weighted by molar-refractivity contribution is 5.95. The van der Waals surface area contributed by atoms with E-state index in [1.165, 1.54) is 18.2 Å². The predicted molar refractivity (Wildman–Crippen MR) is 69.8 cm³/mol. The molecule has 0 atom stereocenters. The second kappa shape index (κ2) is 5.74. The first kappa shape index (κ1) is 14.7. The second-order valence-electron chi connectivity index (χ2n) is 4.05. The largest absolute Gasteiger partial charge is 0.573 e. The Labute approximate surface area is 117 Å². The SMILES string of the molecule is O=C(O)c1ccccc1Nc1ccc(OC(F)(F)F)cc1. The van der Waals surface area contributed by atoms with E-state index in [0.717, 1.165) is 12.1 Å². The van der Waals surface area contributed by atoms with E-state index in [1.807, 2.05) is 0 Å². The molecule has 0 aliphatic carbocycles. The predicted octanol–water partition coefficient (Wildman–Crippen LogP) is 4.03. The Morgan fingerprint density at radius 1 is 1.05 bits per heavy atom. The summed E-state index contributed by atoms with van der Waals surface area (Å²) in [7, 11) is 0. The Hall–Kier alpha value is -2.70. The van der Waals surface area contributed by atoms with Gasteiger partial charge in [0.2, 0.25) is 0 Å². The number of anilines is 2. The van der Waals surface area contributed by atoms with Crippen LogP contribution in [0.4, 0.5) is 24.5 Å². The van der Waals surface area contributed by atoms with Crippen molar-refractivity contribution in [2.75, 3.05) is 5.32 Å². The topological polar surface area (TPSA) is 58.6 Å². The summed E-state index contributed by atoms with van der Waals surface area (Å²) in [6.45, 7) is 0. The van der Waals surface area contributed by atoms with Crippen LogP contribution in [0.1, 0.15) is 10.4 Å². The van der Waals surface area contributed by atoms with Gasteiger partial charge in [-0.1, -0.05) is 12.1 Å². The minimum Gasteiger partial charge on any atom is -0.478 e. The number of ether oxygens (including phenoxy) is 1. The summed E-state index contributed by atoms with van der Waals surface area (Å²) in [5.74, 6) is -1.45. The zero-order valence-corrected chi connectivity index (χ0v) is 10.5. The quantitative estimate of drug-likeness (QED) is 0.894. The molecule has 0 radical (unpaired) electrons. The Morgan fingerprint density at radius 2 is 1.67 bits per heavy atom.